The van der Waals surface area contributed by atoms with Crippen LogP contribution in [0, 0.1) is 0 Å². The number of anilines is 1. The predicted molar refractivity (Wildman–Crippen MR) is 110 cm³/mol. The fraction of sp³-hybridized carbons (Fsp3) is 0.364. The van der Waals surface area contributed by atoms with Crippen LogP contribution in [0.2, 0.25) is 0 Å². The molecule has 7 nitrogen and oxygen atoms in total. The zero-order valence-electron chi connectivity index (χ0n) is 16.7. The van der Waals surface area contributed by atoms with E-state index in [-0.39, 0.29) is 24.3 Å². The summed E-state index contributed by atoms with van der Waals surface area (Å²) in [6.07, 6.45) is 2.17. The van der Waals surface area contributed by atoms with Crippen LogP contribution in [0.3, 0.4) is 0 Å². The molecular formula is C22H26N2O5. The van der Waals surface area contributed by atoms with Crippen molar-refractivity contribution >= 4 is 17.5 Å². The number of hydrogen-bond acceptors (Lipinski definition) is 5. The monoisotopic (exact) mass is 398 g/mol. The number of amides is 2. The van der Waals surface area contributed by atoms with Gasteiger partial charge in [0.25, 0.3) is 5.91 Å². The summed E-state index contributed by atoms with van der Waals surface area (Å²) in [6.45, 7) is 1.20. The molecule has 0 radical (unpaired) electrons. The van der Waals surface area contributed by atoms with Gasteiger partial charge in [-0.25, -0.2) is 0 Å². The van der Waals surface area contributed by atoms with Gasteiger partial charge in [-0.05, 0) is 42.7 Å². The molecule has 2 N–H and O–H groups in total. The number of rotatable bonds is 8. The van der Waals surface area contributed by atoms with Gasteiger partial charge >= 0.3 is 0 Å². The lowest BCUT2D eigenvalue weighted by Gasteiger charge is -2.14. The first kappa shape index (κ1) is 20.7. The van der Waals surface area contributed by atoms with E-state index >= 15 is 0 Å². The van der Waals surface area contributed by atoms with Crippen LogP contribution in [0.15, 0.2) is 42.5 Å². The number of methoxy groups -OCH3 is 2. The molecule has 0 aromatic heterocycles. The Bertz CT molecular complexity index is 862. The van der Waals surface area contributed by atoms with Crippen LogP contribution in [-0.2, 0) is 16.0 Å². The largest absolute Gasteiger partial charge is 0.493 e. The van der Waals surface area contributed by atoms with Gasteiger partial charge in [-0.15, -0.1) is 0 Å². The molecule has 0 saturated carbocycles. The van der Waals surface area contributed by atoms with Gasteiger partial charge < -0.3 is 24.8 Å². The number of ether oxygens (including phenoxy) is 3. The van der Waals surface area contributed by atoms with Crippen LogP contribution in [0.25, 0.3) is 0 Å². The molecule has 7 heteroatoms. The Labute approximate surface area is 170 Å². The third-order valence-corrected chi connectivity index (χ3v) is 4.77. The van der Waals surface area contributed by atoms with Crippen molar-refractivity contribution in [1.29, 1.82) is 0 Å². The van der Waals surface area contributed by atoms with Crippen LogP contribution in [0.4, 0.5) is 5.69 Å². The second-order valence-corrected chi connectivity index (χ2v) is 6.80. The Morgan fingerprint density at radius 3 is 2.62 bits per heavy atom. The van der Waals surface area contributed by atoms with Crippen molar-refractivity contribution in [3.8, 4) is 11.5 Å². The summed E-state index contributed by atoms with van der Waals surface area (Å²) < 4.78 is 16.0. The topological polar surface area (TPSA) is 85.9 Å². The van der Waals surface area contributed by atoms with Crippen LogP contribution < -0.4 is 20.1 Å². The van der Waals surface area contributed by atoms with Crippen LogP contribution >= 0.6 is 0 Å². The molecule has 1 atom stereocenters. The standard InChI is InChI=1S/C22H26N2O5/c1-27-19-10-9-15(12-20(19)28-2)13-21(25)24-18-8-4-3-7-17(18)22(26)23-14-16-6-5-11-29-16/h3-4,7-10,12,16H,5-6,11,13-14H2,1-2H3,(H,23,26)(H,24,25)/t16-/m1/s1. The van der Waals surface area contributed by atoms with Gasteiger partial charge in [0, 0.05) is 13.2 Å². The van der Waals surface area contributed by atoms with Crippen molar-refractivity contribution in [2.24, 2.45) is 0 Å². The van der Waals surface area contributed by atoms with Crippen LogP contribution in [0.5, 0.6) is 11.5 Å². The molecule has 1 fully saturated rings. The molecule has 154 valence electrons. The summed E-state index contributed by atoms with van der Waals surface area (Å²) in [7, 11) is 3.11. The number of nitrogens with one attached hydrogen (secondary N) is 2. The summed E-state index contributed by atoms with van der Waals surface area (Å²) in [4.78, 5) is 25.1. The third kappa shape index (κ3) is 5.48. The molecule has 0 bridgehead atoms. The minimum atomic E-state index is -0.234. The fourth-order valence-corrected chi connectivity index (χ4v) is 3.27. The minimum Gasteiger partial charge on any atom is -0.493 e. The molecule has 29 heavy (non-hydrogen) atoms. The number of hydrogen-bond donors (Lipinski definition) is 2. The van der Waals surface area contributed by atoms with Crippen molar-refractivity contribution in [3.05, 3.63) is 53.6 Å². The summed E-state index contributed by atoms with van der Waals surface area (Å²) in [5, 5.41) is 5.72. The minimum absolute atomic E-state index is 0.0609. The number of benzene rings is 2. The normalized spacial score (nSPS) is 15.6. The van der Waals surface area contributed by atoms with E-state index in [0.29, 0.717) is 29.3 Å². The summed E-state index contributed by atoms with van der Waals surface area (Å²) >= 11 is 0. The van der Waals surface area contributed by atoms with E-state index in [2.05, 4.69) is 10.6 Å². The Balaban J connectivity index is 1.63. The molecule has 0 aliphatic carbocycles. The van der Waals surface area contributed by atoms with Crippen molar-refractivity contribution in [3.63, 3.8) is 0 Å². The number of carbonyl (C=O) groups excluding carboxylic acids is 2. The second-order valence-electron chi connectivity index (χ2n) is 6.80. The average molecular weight is 398 g/mol. The smallest absolute Gasteiger partial charge is 0.253 e. The van der Waals surface area contributed by atoms with Gasteiger partial charge in [0.2, 0.25) is 5.91 Å². The Kier molecular flexibility index (Phi) is 7.08. The maximum Gasteiger partial charge on any atom is 0.253 e. The van der Waals surface area contributed by atoms with Gasteiger partial charge in [0.1, 0.15) is 0 Å². The van der Waals surface area contributed by atoms with Crippen molar-refractivity contribution in [2.75, 3.05) is 32.7 Å². The SMILES string of the molecule is COc1ccc(CC(=O)Nc2ccccc2C(=O)NC[C@H]2CCCO2)cc1OC. The molecule has 2 amide bonds. The molecule has 3 rings (SSSR count). The van der Waals surface area contributed by atoms with E-state index in [1.165, 1.54) is 0 Å². The number of carbonyl (C=O) groups is 2. The van der Waals surface area contributed by atoms with Crippen LogP contribution in [0.1, 0.15) is 28.8 Å². The summed E-state index contributed by atoms with van der Waals surface area (Å²) in [6, 6.07) is 12.3. The fourth-order valence-electron chi connectivity index (χ4n) is 3.27. The van der Waals surface area contributed by atoms with Crippen molar-refractivity contribution in [2.45, 2.75) is 25.4 Å². The lowest BCUT2D eigenvalue weighted by molar-refractivity contribution is -0.115. The zero-order chi connectivity index (χ0) is 20.6. The molecular weight excluding hydrogens is 372 g/mol. The molecule has 1 saturated heterocycles. The van der Waals surface area contributed by atoms with Crippen LogP contribution in [-0.4, -0.2) is 45.3 Å². The number of para-hydroxylation sites is 1. The Hall–Kier alpha value is -3.06. The maximum atomic E-state index is 12.6. The van der Waals surface area contributed by atoms with E-state index in [1.54, 1.807) is 56.7 Å². The van der Waals surface area contributed by atoms with Gasteiger partial charge in [-0.1, -0.05) is 18.2 Å². The van der Waals surface area contributed by atoms with Gasteiger partial charge in [0.15, 0.2) is 11.5 Å². The molecule has 1 heterocycles. The highest BCUT2D eigenvalue weighted by Crippen LogP contribution is 2.28. The Morgan fingerprint density at radius 2 is 1.90 bits per heavy atom. The van der Waals surface area contributed by atoms with E-state index in [9.17, 15) is 9.59 Å². The highest BCUT2D eigenvalue weighted by molar-refractivity contribution is 6.04. The summed E-state index contributed by atoms with van der Waals surface area (Å²) in [5.41, 5.74) is 1.68. The van der Waals surface area contributed by atoms with Crippen molar-refractivity contribution < 1.29 is 23.8 Å². The Morgan fingerprint density at radius 1 is 1.10 bits per heavy atom. The van der Waals surface area contributed by atoms with E-state index in [4.69, 9.17) is 14.2 Å². The molecule has 1 aliphatic rings. The highest BCUT2D eigenvalue weighted by Gasteiger charge is 2.18. The highest BCUT2D eigenvalue weighted by atomic mass is 16.5. The molecule has 1 aliphatic heterocycles. The quantitative estimate of drug-likeness (QED) is 0.714. The van der Waals surface area contributed by atoms with Crippen molar-refractivity contribution in [1.82, 2.24) is 5.32 Å². The van der Waals surface area contributed by atoms with Gasteiger partial charge in [-0.2, -0.15) is 0 Å². The molecule has 0 unspecified atom stereocenters. The molecule has 0 spiro atoms. The predicted octanol–water partition coefficient (Wildman–Crippen LogP) is 2.79. The van der Waals surface area contributed by atoms with Gasteiger partial charge in [-0.3, -0.25) is 9.59 Å². The first-order chi connectivity index (χ1) is 14.1. The average Bonchev–Trinajstić information content (AvgIpc) is 3.26. The lowest BCUT2D eigenvalue weighted by atomic mass is 10.1. The lowest BCUT2D eigenvalue weighted by Crippen LogP contribution is -2.32. The van der Waals surface area contributed by atoms with E-state index < -0.39 is 0 Å². The molecule has 2 aromatic carbocycles. The zero-order valence-corrected chi connectivity index (χ0v) is 16.7. The summed E-state index contributed by atoms with van der Waals surface area (Å²) in [5.74, 6) is 0.704. The first-order valence-electron chi connectivity index (χ1n) is 9.60. The van der Waals surface area contributed by atoms with E-state index in [1.807, 2.05) is 0 Å². The van der Waals surface area contributed by atoms with E-state index in [0.717, 1.165) is 25.0 Å². The second kappa shape index (κ2) is 9.93. The maximum absolute atomic E-state index is 12.6. The van der Waals surface area contributed by atoms with Gasteiger partial charge in [0.05, 0.1) is 38.0 Å². The molecule has 2 aromatic rings. The first-order valence-corrected chi connectivity index (χ1v) is 9.60. The third-order valence-electron chi connectivity index (χ3n) is 4.77.